The van der Waals surface area contributed by atoms with Gasteiger partial charge >= 0.3 is 8.46 Å². The molecule has 0 aromatic rings. The summed E-state index contributed by atoms with van der Waals surface area (Å²) in [6, 6.07) is 0. The Morgan fingerprint density at radius 1 is 1.43 bits per heavy atom. The van der Waals surface area contributed by atoms with Crippen molar-refractivity contribution >= 4 is 17.7 Å². The van der Waals surface area contributed by atoms with Crippen LogP contribution in [0.25, 0.3) is 0 Å². The normalized spacial score (nSPS) is 9.86. The van der Waals surface area contributed by atoms with Crippen LogP contribution in [0.3, 0.4) is 0 Å². The Morgan fingerprint density at radius 3 is 2.57 bits per heavy atom. The highest BCUT2D eigenvalue weighted by Crippen LogP contribution is 2.00. The Hall–Kier alpha value is 0.530. The van der Waals surface area contributed by atoms with Crippen LogP contribution in [0, 0.1) is 0 Å². The Bertz CT molecular complexity index is 47.0. The van der Waals surface area contributed by atoms with Gasteiger partial charge in [-0.15, -0.1) is 9.24 Å². The molecule has 0 saturated heterocycles. The molecule has 0 N–H and O–H groups in total. The number of rotatable bonds is 4. The van der Waals surface area contributed by atoms with Crippen molar-refractivity contribution in [2.24, 2.45) is 0 Å². The van der Waals surface area contributed by atoms with E-state index in [1.807, 2.05) is 0 Å². The minimum Gasteiger partial charge on any atom is -0.138 e. The summed E-state index contributed by atoms with van der Waals surface area (Å²) in [6.45, 7) is 0. The SMILES string of the molecule is O=[PH+]CCCCP. The quantitative estimate of drug-likeness (QED) is 0.425. The molecule has 0 aliphatic carbocycles. The summed E-state index contributed by atoms with van der Waals surface area (Å²) >= 11 is 0. The van der Waals surface area contributed by atoms with Gasteiger partial charge in [0, 0.05) is 0 Å². The molecule has 0 amide bonds. The van der Waals surface area contributed by atoms with E-state index in [0.29, 0.717) is 0 Å². The molecule has 0 aliphatic heterocycles. The van der Waals surface area contributed by atoms with E-state index in [0.717, 1.165) is 18.7 Å². The smallest absolute Gasteiger partial charge is 0.138 e. The lowest BCUT2D eigenvalue weighted by Gasteiger charge is -1.81. The molecule has 0 aromatic heterocycles. The summed E-state index contributed by atoms with van der Waals surface area (Å²) in [5.41, 5.74) is 0. The predicted molar refractivity (Wildman–Crippen MR) is 37.7 cm³/mol. The van der Waals surface area contributed by atoms with E-state index < -0.39 is 0 Å². The van der Waals surface area contributed by atoms with E-state index >= 15 is 0 Å². The van der Waals surface area contributed by atoms with E-state index in [1.165, 1.54) is 6.42 Å². The highest BCUT2D eigenvalue weighted by molar-refractivity contribution is 7.23. The van der Waals surface area contributed by atoms with E-state index in [4.69, 9.17) is 0 Å². The average molecular weight is 137 g/mol. The Morgan fingerprint density at radius 2 is 2.14 bits per heavy atom. The summed E-state index contributed by atoms with van der Waals surface area (Å²) < 4.78 is 9.83. The lowest BCUT2D eigenvalue weighted by atomic mass is 10.4. The van der Waals surface area contributed by atoms with Crippen molar-refractivity contribution in [2.45, 2.75) is 12.8 Å². The van der Waals surface area contributed by atoms with Gasteiger partial charge in [-0.05, 0) is 19.0 Å². The van der Waals surface area contributed by atoms with Gasteiger partial charge in [0.15, 0.2) is 0 Å². The highest BCUT2D eigenvalue weighted by atomic mass is 31.1. The molecule has 0 fully saturated rings. The van der Waals surface area contributed by atoms with E-state index in [1.54, 1.807) is 0 Å². The number of hydrogen-bond donors (Lipinski definition) is 0. The topological polar surface area (TPSA) is 17.1 Å². The lowest BCUT2D eigenvalue weighted by Crippen LogP contribution is -1.74. The average Bonchev–Trinajstić information content (AvgIpc) is 1.69. The van der Waals surface area contributed by atoms with Crippen molar-refractivity contribution in [3.63, 3.8) is 0 Å². The molecule has 0 heterocycles. The van der Waals surface area contributed by atoms with Gasteiger partial charge in [-0.3, -0.25) is 0 Å². The fourth-order valence-corrected chi connectivity index (χ4v) is 1.02. The fourth-order valence-electron chi connectivity index (χ4n) is 0.342. The third kappa shape index (κ3) is 6.53. The van der Waals surface area contributed by atoms with Crippen molar-refractivity contribution < 1.29 is 4.57 Å². The maximum absolute atomic E-state index is 9.83. The summed E-state index contributed by atoms with van der Waals surface area (Å²) in [7, 11) is 2.56. The molecule has 0 saturated carbocycles. The molecule has 0 spiro atoms. The Labute approximate surface area is 48.3 Å². The molecule has 2 atom stereocenters. The fraction of sp³-hybridized carbons (Fsp3) is 1.00. The highest BCUT2D eigenvalue weighted by Gasteiger charge is 1.87. The van der Waals surface area contributed by atoms with E-state index in [9.17, 15) is 4.57 Å². The summed E-state index contributed by atoms with van der Waals surface area (Å²) in [5.74, 6) is 0. The molecule has 0 aromatic carbocycles. The lowest BCUT2D eigenvalue weighted by molar-refractivity contribution is 0.597. The largest absolute Gasteiger partial charge is 0.324 e. The van der Waals surface area contributed by atoms with Crippen LogP contribution in [0.2, 0.25) is 0 Å². The van der Waals surface area contributed by atoms with Crippen LogP contribution in [0.5, 0.6) is 0 Å². The second-order valence-electron chi connectivity index (χ2n) is 1.39. The molecule has 3 heteroatoms. The minimum absolute atomic E-state index is 0.0916. The molecule has 1 nitrogen and oxygen atoms in total. The molecule has 0 radical (unpaired) electrons. The number of hydrogen-bond acceptors (Lipinski definition) is 1. The van der Waals surface area contributed by atoms with Crippen molar-refractivity contribution in [3.8, 4) is 0 Å². The van der Waals surface area contributed by atoms with Gasteiger partial charge in [-0.25, -0.2) is 0 Å². The van der Waals surface area contributed by atoms with Gasteiger partial charge in [0.25, 0.3) is 0 Å². The second-order valence-corrected chi connectivity index (χ2v) is 2.76. The van der Waals surface area contributed by atoms with E-state index in [-0.39, 0.29) is 8.46 Å². The van der Waals surface area contributed by atoms with Gasteiger partial charge in [0.05, 0.1) is 0 Å². The third-order valence-corrected chi connectivity index (χ3v) is 1.70. The van der Waals surface area contributed by atoms with Crippen molar-refractivity contribution in [1.82, 2.24) is 0 Å². The molecule has 0 bridgehead atoms. The summed E-state index contributed by atoms with van der Waals surface area (Å²) in [6.07, 6.45) is 4.34. The first-order chi connectivity index (χ1) is 3.41. The van der Waals surface area contributed by atoms with Gasteiger partial charge in [0.1, 0.15) is 6.16 Å². The minimum atomic E-state index is -0.0916. The van der Waals surface area contributed by atoms with Crippen LogP contribution < -0.4 is 0 Å². The van der Waals surface area contributed by atoms with Crippen LogP contribution >= 0.6 is 17.7 Å². The first kappa shape index (κ1) is 7.53. The summed E-state index contributed by atoms with van der Waals surface area (Å²) in [5, 5.41) is 0. The van der Waals surface area contributed by atoms with E-state index in [2.05, 4.69) is 9.24 Å². The van der Waals surface area contributed by atoms with Crippen LogP contribution in [0.1, 0.15) is 12.8 Å². The van der Waals surface area contributed by atoms with Crippen molar-refractivity contribution in [3.05, 3.63) is 0 Å². The Kier molecular flexibility index (Phi) is 7.02. The number of unbranched alkanes of at least 4 members (excludes halogenated alkanes) is 1. The van der Waals surface area contributed by atoms with Crippen LogP contribution in [-0.2, 0) is 4.57 Å². The second kappa shape index (κ2) is 6.53. The Balaban J connectivity index is 2.56. The molecule has 42 valence electrons. The monoisotopic (exact) mass is 137 g/mol. The summed E-state index contributed by atoms with van der Waals surface area (Å²) in [4.78, 5) is 0. The van der Waals surface area contributed by atoms with Gasteiger partial charge < -0.3 is 0 Å². The van der Waals surface area contributed by atoms with Crippen molar-refractivity contribution in [1.29, 1.82) is 0 Å². The molecule has 0 aliphatic rings. The predicted octanol–water partition coefficient (Wildman–Crippen LogP) is 1.67. The van der Waals surface area contributed by atoms with Crippen molar-refractivity contribution in [2.75, 3.05) is 12.3 Å². The molecule has 2 unspecified atom stereocenters. The molecular weight excluding hydrogens is 126 g/mol. The van der Waals surface area contributed by atoms with Gasteiger partial charge in [-0.1, -0.05) is 4.57 Å². The zero-order valence-electron chi connectivity index (χ0n) is 4.31. The third-order valence-electron chi connectivity index (χ3n) is 0.733. The van der Waals surface area contributed by atoms with Crippen LogP contribution in [0.15, 0.2) is 0 Å². The van der Waals surface area contributed by atoms with Gasteiger partial charge in [-0.2, -0.15) is 0 Å². The molecule has 0 rings (SSSR count). The zero-order chi connectivity index (χ0) is 5.54. The van der Waals surface area contributed by atoms with Crippen LogP contribution in [-0.4, -0.2) is 12.3 Å². The first-order valence-electron chi connectivity index (χ1n) is 2.47. The van der Waals surface area contributed by atoms with Gasteiger partial charge in [0.2, 0.25) is 0 Å². The standard InChI is InChI=1S/C4H10OP2/c5-7-4-2-1-3-6/h1-4,6H2/p+1. The maximum Gasteiger partial charge on any atom is 0.324 e. The zero-order valence-corrected chi connectivity index (χ0v) is 6.47. The molecule has 7 heavy (non-hydrogen) atoms. The van der Waals surface area contributed by atoms with Crippen LogP contribution in [0.4, 0.5) is 0 Å². The molecular formula is C4H11OP2+. The first-order valence-corrected chi connectivity index (χ1v) is 4.40. The maximum atomic E-state index is 9.83.